The maximum Gasteiger partial charge on any atom is 0.305 e. The maximum atomic E-state index is 11.0. The lowest BCUT2D eigenvalue weighted by Crippen LogP contribution is -2.02. The lowest BCUT2D eigenvalue weighted by Gasteiger charge is -1.98. The Morgan fingerprint density at radius 2 is 1.61 bits per heavy atom. The van der Waals surface area contributed by atoms with Crippen LogP contribution in [0.4, 0.5) is 0 Å². The zero-order valence-electron chi connectivity index (χ0n) is 11.7. The van der Waals surface area contributed by atoms with Gasteiger partial charge in [0.25, 0.3) is 0 Å². The summed E-state index contributed by atoms with van der Waals surface area (Å²) in [7, 11) is 0. The monoisotopic (exact) mass is 248 g/mol. The third kappa shape index (κ3) is 12.7. The zero-order chi connectivity index (χ0) is 13.5. The van der Waals surface area contributed by atoms with Crippen molar-refractivity contribution in [1.29, 1.82) is 0 Å². The van der Waals surface area contributed by atoms with Crippen LogP contribution < -0.4 is 0 Å². The molecule has 0 atom stereocenters. The van der Waals surface area contributed by atoms with Crippen LogP contribution in [-0.2, 0) is 9.53 Å². The van der Waals surface area contributed by atoms with Gasteiger partial charge in [-0.15, -0.1) is 11.8 Å². The molecule has 0 aromatic carbocycles. The number of carbonyl (C=O) groups is 1. The third-order valence-electron chi connectivity index (χ3n) is 2.32. The summed E-state index contributed by atoms with van der Waals surface area (Å²) < 4.78 is 4.82. The predicted molar refractivity (Wildman–Crippen MR) is 74.8 cm³/mol. The van der Waals surface area contributed by atoms with Crippen molar-refractivity contribution in [3.05, 3.63) is 0 Å². The summed E-state index contributed by atoms with van der Waals surface area (Å²) in [6.45, 7) is 4.46. The number of carbonyl (C=O) groups excluding carboxylic acids is 1. The first-order chi connectivity index (χ1) is 8.81. The molecule has 0 bridgehead atoms. The number of hydrogen-bond acceptors (Lipinski definition) is 2. The minimum atomic E-state index is -0.130. The highest BCUT2D eigenvalue weighted by atomic mass is 16.5. The topological polar surface area (TPSA) is 26.3 Å². The number of ether oxygens (including phenoxy) is 1. The second-order valence-corrected chi connectivity index (χ2v) is 4.00. The quantitative estimate of drug-likeness (QED) is 0.390. The minimum absolute atomic E-state index is 0.130. The van der Waals surface area contributed by atoms with Crippen LogP contribution >= 0.6 is 0 Å². The first-order valence-corrected chi connectivity index (χ1v) is 6.88. The van der Waals surface area contributed by atoms with Crippen LogP contribution in [0.5, 0.6) is 0 Å². The molecule has 0 N–H and O–H groups in total. The molecule has 0 saturated heterocycles. The summed E-state index contributed by atoms with van der Waals surface area (Å²) in [5.74, 6) is 12.1. The third-order valence-corrected chi connectivity index (χ3v) is 2.32. The standard InChI is InChI=1S/C16H24O2/c1-3-5-6-7-8-9-10-11-12-13-14-15-16(17)18-4-2/h3-7,10,13-15H2,1-2H3. The number of hydrogen-bond donors (Lipinski definition) is 0. The smallest absolute Gasteiger partial charge is 0.305 e. The summed E-state index contributed by atoms with van der Waals surface area (Å²) >= 11 is 0. The molecule has 0 aliphatic carbocycles. The predicted octanol–water partition coefficient (Wildman–Crippen LogP) is 3.70. The molecule has 0 heterocycles. The molecule has 18 heavy (non-hydrogen) atoms. The van der Waals surface area contributed by atoms with Crippen molar-refractivity contribution < 1.29 is 9.53 Å². The molecule has 0 saturated carbocycles. The van der Waals surface area contributed by atoms with E-state index in [4.69, 9.17) is 4.74 Å². The van der Waals surface area contributed by atoms with Gasteiger partial charge in [0.05, 0.1) is 13.0 Å². The van der Waals surface area contributed by atoms with E-state index in [9.17, 15) is 4.79 Å². The zero-order valence-corrected chi connectivity index (χ0v) is 11.7. The van der Waals surface area contributed by atoms with E-state index >= 15 is 0 Å². The Balaban J connectivity index is 3.41. The second-order valence-electron chi connectivity index (χ2n) is 4.00. The molecule has 0 radical (unpaired) electrons. The Bertz CT molecular complexity index is 322. The molecule has 100 valence electrons. The van der Waals surface area contributed by atoms with Gasteiger partial charge in [-0.1, -0.05) is 31.6 Å². The van der Waals surface area contributed by atoms with Gasteiger partial charge in [-0.25, -0.2) is 0 Å². The molecule has 0 aromatic heterocycles. The normalized spacial score (nSPS) is 8.78. The highest BCUT2D eigenvalue weighted by molar-refractivity contribution is 5.69. The van der Waals surface area contributed by atoms with Gasteiger partial charge in [0.1, 0.15) is 0 Å². The van der Waals surface area contributed by atoms with Crippen molar-refractivity contribution >= 4 is 5.97 Å². The molecule has 0 fully saturated rings. The molecule has 0 unspecified atom stereocenters. The largest absolute Gasteiger partial charge is 0.466 e. The van der Waals surface area contributed by atoms with Gasteiger partial charge in [-0.3, -0.25) is 4.79 Å². The average Bonchev–Trinajstić information content (AvgIpc) is 2.36. The summed E-state index contributed by atoms with van der Waals surface area (Å²) in [6, 6.07) is 0. The van der Waals surface area contributed by atoms with Gasteiger partial charge >= 0.3 is 5.97 Å². The summed E-state index contributed by atoms with van der Waals surface area (Å²) in [4.78, 5) is 11.0. The molecule has 0 aliphatic heterocycles. The van der Waals surface area contributed by atoms with Crippen molar-refractivity contribution in [1.82, 2.24) is 0 Å². The molecule has 2 heteroatoms. The molecule has 0 rings (SSSR count). The number of unbranched alkanes of at least 4 members (excludes halogenated alkanes) is 4. The van der Waals surface area contributed by atoms with Crippen LogP contribution in [0.3, 0.4) is 0 Å². The van der Waals surface area contributed by atoms with Crippen molar-refractivity contribution in [2.24, 2.45) is 0 Å². The van der Waals surface area contributed by atoms with Gasteiger partial charge < -0.3 is 4.74 Å². The lowest BCUT2D eigenvalue weighted by atomic mass is 10.2. The Labute approximate surface area is 111 Å². The highest BCUT2D eigenvalue weighted by Crippen LogP contribution is 1.97. The molecular weight excluding hydrogens is 224 g/mol. The molecular formula is C16H24O2. The Morgan fingerprint density at radius 3 is 2.22 bits per heavy atom. The fourth-order valence-corrected chi connectivity index (χ4v) is 1.36. The van der Waals surface area contributed by atoms with Gasteiger partial charge in [0.15, 0.2) is 0 Å². The molecule has 0 aromatic rings. The van der Waals surface area contributed by atoms with E-state index in [2.05, 4.69) is 30.6 Å². The number of rotatable bonds is 7. The van der Waals surface area contributed by atoms with Crippen molar-refractivity contribution in [3.8, 4) is 23.7 Å². The van der Waals surface area contributed by atoms with Crippen LogP contribution in [0.15, 0.2) is 0 Å². The first kappa shape index (κ1) is 16.6. The fraction of sp³-hybridized carbons (Fsp3) is 0.688. The Morgan fingerprint density at radius 1 is 0.944 bits per heavy atom. The van der Waals surface area contributed by atoms with Crippen LogP contribution in [0.2, 0.25) is 0 Å². The van der Waals surface area contributed by atoms with Crippen LogP contribution in [0, 0.1) is 23.7 Å². The van der Waals surface area contributed by atoms with Crippen molar-refractivity contribution in [3.63, 3.8) is 0 Å². The first-order valence-electron chi connectivity index (χ1n) is 6.88. The number of esters is 1. The Hall–Kier alpha value is -1.41. The van der Waals surface area contributed by atoms with Gasteiger partial charge in [0.2, 0.25) is 0 Å². The minimum Gasteiger partial charge on any atom is -0.466 e. The second kappa shape index (κ2) is 13.7. The highest BCUT2D eigenvalue weighted by Gasteiger charge is 1.98. The van der Waals surface area contributed by atoms with Crippen LogP contribution in [-0.4, -0.2) is 12.6 Å². The summed E-state index contributed by atoms with van der Waals surface area (Å²) in [5.41, 5.74) is 0. The molecule has 2 nitrogen and oxygen atoms in total. The van der Waals surface area contributed by atoms with Crippen LogP contribution in [0.1, 0.15) is 65.2 Å². The van der Waals surface area contributed by atoms with Crippen molar-refractivity contribution in [2.45, 2.75) is 65.2 Å². The summed E-state index contributed by atoms with van der Waals surface area (Å²) in [5, 5.41) is 0. The van der Waals surface area contributed by atoms with Crippen molar-refractivity contribution in [2.75, 3.05) is 6.61 Å². The maximum absolute atomic E-state index is 11.0. The van der Waals surface area contributed by atoms with Gasteiger partial charge in [0, 0.05) is 19.3 Å². The van der Waals surface area contributed by atoms with E-state index in [-0.39, 0.29) is 5.97 Å². The summed E-state index contributed by atoms with van der Waals surface area (Å²) in [6.07, 6.45) is 7.30. The van der Waals surface area contributed by atoms with Gasteiger partial charge in [-0.05, 0) is 19.8 Å². The SMILES string of the molecule is CCCCCC#CCC#CCCCC(=O)OCC. The van der Waals surface area contributed by atoms with E-state index in [1.165, 1.54) is 19.3 Å². The molecule has 0 amide bonds. The van der Waals surface area contributed by atoms with Gasteiger partial charge in [-0.2, -0.15) is 0 Å². The van der Waals surface area contributed by atoms with E-state index in [0.717, 1.165) is 19.3 Å². The van der Waals surface area contributed by atoms with E-state index in [1.807, 2.05) is 6.92 Å². The van der Waals surface area contributed by atoms with Crippen LogP contribution in [0.25, 0.3) is 0 Å². The fourth-order valence-electron chi connectivity index (χ4n) is 1.36. The van der Waals surface area contributed by atoms with E-state index < -0.39 is 0 Å². The lowest BCUT2D eigenvalue weighted by molar-refractivity contribution is -0.143. The Kier molecular flexibility index (Phi) is 12.6. The molecule has 0 spiro atoms. The molecule has 0 aliphatic rings. The average molecular weight is 248 g/mol. The van der Waals surface area contributed by atoms with E-state index in [0.29, 0.717) is 19.4 Å². The van der Waals surface area contributed by atoms with E-state index in [1.54, 1.807) is 0 Å².